The summed E-state index contributed by atoms with van der Waals surface area (Å²) in [6, 6.07) is 10.0. The smallest absolute Gasteiger partial charge is 0 e. The van der Waals surface area contributed by atoms with Crippen LogP contribution in [0.3, 0.4) is 0 Å². The Kier molecular flexibility index (Phi) is 34.6. The van der Waals surface area contributed by atoms with Crippen molar-refractivity contribution < 1.29 is 31.3 Å². The number of nitrogens with zero attached hydrogens (tertiary/aromatic N) is 2. The largest absolute Gasteiger partial charge is 0 e. The Morgan fingerprint density at radius 1 is 0.944 bits per heavy atom. The van der Waals surface area contributed by atoms with Gasteiger partial charge >= 0.3 is 33.9 Å². The third-order valence-electron chi connectivity index (χ3n) is 1.24. The van der Waals surface area contributed by atoms with E-state index in [0.717, 1.165) is 5.56 Å². The summed E-state index contributed by atoms with van der Waals surface area (Å²) in [5.74, 6) is 0. The number of hydrogen-bond donors (Lipinski definition) is 0. The van der Waals surface area contributed by atoms with Gasteiger partial charge in [-0.25, -0.2) is 0 Å². The molecule has 0 saturated heterocycles. The molecule has 0 unspecified atom stereocenters. The van der Waals surface area contributed by atoms with Crippen molar-refractivity contribution >= 4 is 6.21 Å². The van der Waals surface area contributed by atoms with Gasteiger partial charge in [-0.3, -0.25) is 0 Å². The van der Waals surface area contributed by atoms with Crippen molar-refractivity contribution in [3.63, 3.8) is 0 Å². The predicted octanol–water partition coefficient (Wildman–Crippen LogP) is 1.47. The monoisotopic (exact) mass is 284 g/mol. The van der Waals surface area contributed by atoms with E-state index in [1.807, 2.05) is 50.6 Å². The Bertz CT molecular complexity index is 331. The van der Waals surface area contributed by atoms with Crippen LogP contribution in [0.1, 0.15) is 5.56 Å². The molecule has 0 amide bonds. The summed E-state index contributed by atoms with van der Waals surface area (Å²) < 4.78 is 22.5. The maximum atomic E-state index is 7.50. The second-order valence-electron chi connectivity index (χ2n) is 2.50. The molecule has 1 aromatic rings. The van der Waals surface area contributed by atoms with E-state index >= 15 is 0 Å². The van der Waals surface area contributed by atoms with Crippen LogP contribution in [0.15, 0.2) is 35.4 Å². The molecule has 0 spiro atoms. The molecule has 1 rings (SSSR count). The quantitative estimate of drug-likeness (QED) is 0.350. The number of hydrogen-bond acceptors (Lipinski definition) is 2. The molecule has 0 aliphatic carbocycles. The van der Waals surface area contributed by atoms with Gasteiger partial charge in [0.05, 0.1) is 6.21 Å². The zero-order valence-corrected chi connectivity index (χ0v) is 11.3. The molecule has 18 heavy (non-hydrogen) atoms. The van der Waals surface area contributed by atoms with E-state index in [1.165, 1.54) is 0 Å². The first-order valence-corrected chi connectivity index (χ1v) is 4.16. The van der Waals surface area contributed by atoms with Crippen LogP contribution in [0.25, 0.3) is 0 Å². The second-order valence-corrected chi connectivity index (χ2v) is 2.50. The Balaban J connectivity index is -0.000000123. The topological polar surface area (TPSA) is 75.3 Å². The summed E-state index contributed by atoms with van der Waals surface area (Å²) >= 11 is 0. The first-order chi connectivity index (χ1) is 8.29. The fourth-order valence-electron chi connectivity index (χ4n) is 0.721. The first kappa shape index (κ1) is 25.3. The van der Waals surface area contributed by atoms with E-state index in [1.54, 1.807) is 5.01 Å². The average Bonchev–Trinajstić information content (AvgIpc) is 2.44. The zero-order chi connectivity index (χ0) is 14.1. The van der Waals surface area contributed by atoms with E-state index in [9.17, 15) is 0 Å². The Morgan fingerprint density at radius 3 is 1.67 bits per heavy atom. The van der Waals surface area contributed by atoms with Crippen molar-refractivity contribution in [1.29, 1.82) is 0 Å². The van der Waals surface area contributed by atoms with Gasteiger partial charge in [0, 0.05) is 31.5 Å². The van der Waals surface area contributed by atoms with Gasteiger partial charge in [-0.15, -0.1) is 0 Å². The third-order valence-corrected chi connectivity index (χ3v) is 1.24. The third kappa shape index (κ3) is 19.9. The average molecular weight is 284 g/mol. The van der Waals surface area contributed by atoms with Crippen molar-refractivity contribution in [3.05, 3.63) is 55.8 Å². The van der Waals surface area contributed by atoms with E-state index in [0.29, 0.717) is 0 Å². The Labute approximate surface area is 118 Å². The molecule has 94 valence electrons. The van der Waals surface area contributed by atoms with E-state index in [4.69, 9.17) is 14.0 Å². The van der Waals surface area contributed by atoms with Crippen molar-refractivity contribution in [2.24, 2.45) is 5.10 Å². The van der Waals surface area contributed by atoms with Crippen LogP contribution in [0.2, 0.25) is 0 Å². The Hall–Kier alpha value is -1.56. The van der Waals surface area contributed by atoms with Gasteiger partial charge in [-0.1, -0.05) is 30.3 Å². The standard InChI is InChI=1S/C9H12N2.3CO.Cr/c1-11(2)10-8-9-6-4-3-5-7-9;3*1-2;/h3-8H,1-2H3;;;;/b10-8-;;;;. The van der Waals surface area contributed by atoms with Crippen molar-refractivity contribution in [2.45, 2.75) is 0 Å². The van der Waals surface area contributed by atoms with Gasteiger partial charge in [0.2, 0.25) is 0 Å². The van der Waals surface area contributed by atoms with Crippen LogP contribution in [-0.2, 0) is 31.3 Å². The predicted molar refractivity (Wildman–Crippen MR) is 59.5 cm³/mol. The zero-order valence-electron chi connectivity index (χ0n) is 9.99. The molecular formula is C12H12CrN2O3. The molecule has 0 aliphatic rings. The minimum absolute atomic E-state index is 0. The number of hydrazone groups is 1. The van der Waals surface area contributed by atoms with Crippen molar-refractivity contribution in [2.75, 3.05) is 14.1 Å². The molecule has 1 aromatic carbocycles. The normalized spacial score (nSPS) is 6.67. The van der Waals surface area contributed by atoms with Gasteiger partial charge in [-0.2, -0.15) is 5.10 Å². The molecule has 0 saturated carbocycles. The van der Waals surface area contributed by atoms with E-state index < -0.39 is 0 Å². The molecule has 0 N–H and O–H groups in total. The molecule has 0 aliphatic heterocycles. The minimum Gasteiger partial charge on any atom is 0 e. The van der Waals surface area contributed by atoms with Gasteiger partial charge < -0.3 is 5.01 Å². The molecular weight excluding hydrogens is 272 g/mol. The Morgan fingerprint density at radius 2 is 1.33 bits per heavy atom. The summed E-state index contributed by atoms with van der Waals surface area (Å²) in [5.41, 5.74) is 1.13. The maximum Gasteiger partial charge on any atom is 0 e. The van der Waals surface area contributed by atoms with Gasteiger partial charge in [0.25, 0.3) is 0 Å². The molecule has 0 atom stereocenters. The van der Waals surface area contributed by atoms with E-state index in [2.05, 4.69) is 25.1 Å². The van der Waals surface area contributed by atoms with Crippen LogP contribution >= 0.6 is 0 Å². The van der Waals surface area contributed by atoms with E-state index in [-0.39, 0.29) is 17.4 Å². The van der Waals surface area contributed by atoms with Crippen LogP contribution in [0, 0.1) is 20.0 Å². The summed E-state index contributed by atoms with van der Waals surface area (Å²) in [6.45, 7) is 13.5. The maximum absolute atomic E-state index is 7.50. The summed E-state index contributed by atoms with van der Waals surface area (Å²) in [4.78, 5) is 0. The fraction of sp³-hybridized carbons (Fsp3) is 0.167. The van der Waals surface area contributed by atoms with Crippen molar-refractivity contribution in [1.82, 2.24) is 5.01 Å². The SMILES string of the molecule is CN(C)/N=C\c1ccccc1.[C-]#[O+].[C-]#[O+].[C-]#[O+].[Cr]. The summed E-state index contributed by atoms with van der Waals surface area (Å²) in [5, 5.41) is 5.87. The summed E-state index contributed by atoms with van der Waals surface area (Å²) in [7, 11) is 3.80. The van der Waals surface area contributed by atoms with Crippen molar-refractivity contribution in [3.8, 4) is 0 Å². The summed E-state index contributed by atoms with van der Waals surface area (Å²) in [6.07, 6.45) is 1.83. The second kappa shape index (κ2) is 24.6. The van der Waals surface area contributed by atoms with Crippen LogP contribution < -0.4 is 0 Å². The van der Waals surface area contributed by atoms with Crippen LogP contribution in [0.4, 0.5) is 0 Å². The number of benzene rings is 1. The van der Waals surface area contributed by atoms with Gasteiger partial charge in [-0.05, 0) is 5.56 Å². The molecule has 6 heteroatoms. The molecule has 0 fully saturated rings. The van der Waals surface area contributed by atoms with Gasteiger partial charge in [0.1, 0.15) is 0 Å². The molecule has 0 aromatic heterocycles. The molecule has 0 heterocycles. The molecule has 0 bridgehead atoms. The van der Waals surface area contributed by atoms with Crippen LogP contribution in [-0.4, -0.2) is 25.3 Å². The molecule has 5 nitrogen and oxygen atoms in total. The van der Waals surface area contributed by atoms with Crippen LogP contribution in [0.5, 0.6) is 0 Å². The number of rotatable bonds is 2. The fourth-order valence-corrected chi connectivity index (χ4v) is 0.721. The van der Waals surface area contributed by atoms with Gasteiger partial charge in [0.15, 0.2) is 0 Å². The minimum atomic E-state index is 0. The molecule has 0 radical (unpaired) electrons. The first-order valence-electron chi connectivity index (χ1n) is 4.16.